The third-order valence-electron chi connectivity index (χ3n) is 2.78. The lowest BCUT2D eigenvalue weighted by atomic mass is 10.00. The second-order valence-corrected chi connectivity index (χ2v) is 4.16. The van der Waals surface area contributed by atoms with Gasteiger partial charge < -0.3 is 21.2 Å². The number of ether oxygens (including phenoxy) is 1. The van der Waals surface area contributed by atoms with E-state index in [4.69, 9.17) is 11.1 Å². The average molecular weight is 269 g/mol. The summed E-state index contributed by atoms with van der Waals surface area (Å²) in [4.78, 5) is 11.5. The Labute approximate surface area is 116 Å². The molecule has 2 rings (SSSR count). The lowest BCUT2D eigenvalue weighted by Crippen LogP contribution is -2.18. The molecular formula is C15H15N3O2. The second-order valence-electron chi connectivity index (χ2n) is 4.16. The van der Waals surface area contributed by atoms with Crippen LogP contribution in [-0.2, 0) is 9.53 Å². The molecule has 0 spiro atoms. The van der Waals surface area contributed by atoms with E-state index < -0.39 is 5.97 Å². The first kappa shape index (κ1) is 13.6. The van der Waals surface area contributed by atoms with E-state index in [1.165, 1.54) is 19.3 Å². The number of nitrogens with one attached hydrogen (secondary N) is 2. The smallest absolute Gasteiger partial charge is 0.337 e. The van der Waals surface area contributed by atoms with Gasteiger partial charge in [-0.2, -0.15) is 0 Å². The number of benzene rings is 1. The summed E-state index contributed by atoms with van der Waals surface area (Å²) < 4.78 is 4.66. The van der Waals surface area contributed by atoms with Gasteiger partial charge in [-0.1, -0.05) is 18.2 Å². The quantitative estimate of drug-likeness (QED) is 0.732. The molecule has 0 bridgehead atoms. The molecule has 1 aromatic carbocycles. The number of anilines is 1. The van der Waals surface area contributed by atoms with Crippen molar-refractivity contribution in [3.63, 3.8) is 0 Å². The molecule has 1 aromatic rings. The molecule has 1 aliphatic rings. The molecule has 5 heteroatoms. The minimum Gasteiger partial charge on any atom is -0.465 e. The summed E-state index contributed by atoms with van der Waals surface area (Å²) in [6, 6.07) is 9.38. The van der Waals surface area contributed by atoms with Gasteiger partial charge in [0.25, 0.3) is 0 Å². The normalized spacial score (nSPS) is 16.4. The Balaban J connectivity index is 2.31. The zero-order valence-electron chi connectivity index (χ0n) is 11.0. The van der Waals surface area contributed by atoms with Crippen LogP contribution in [0.15, 0.2) is 65.5 Å². The van der Waals surface area contributed by atoms with Crippen LogP contribution in [0.5, 0.6) is 0 Å². The van der Waals surface area contributed by atoms with Crippen LogP contribution in [0.4, 0.5) is 5.69 Å². The highest BCUT2D eigenvalue weighted by Gasteiger charge is 2.16. The van der Waals surface area contributed by atoms with Crippen LogP contribution in [0.3, 0.4) is 0 Å². The van der Waals surface area contributed by atoms with Gasteiger partial charge in [0.2, 0.25) is 0 Å². The molecule has 0 saturated heterocycles. The first-order valence-corrected chi connectivity index (χ1v) is 6.00. The molecule has 0 radical (unpaired) electrons. The molecule has 102 valence electrons. The summed E-state index contributed by atoms with van der Waals surface area (Å²) in [6.45, 7) is 0. The van der Waals surface area contributed by atoms with E-state index in [1.54, 1.807) is 6.08 Å². The molecule has 0 heterocycles. The van der Waals surface area contributed by atoms with Gasteiger partial charge in [0.05, 0.1) is 18.4 Å². The molecule has 0 fully saturated rings. The van der Waals surface area contributed by atoms with Gasteiger partial charge in [-0.25, -0.2) is 4.79 Å². The molecule has 0 saturated carbocycles. The summed E-state index contributed by atoms with van der Waals surface area (Å²) >= 11 is 0. The number of hydrogen-bond acceptors (Lipinski definition) is 5. The number of methoxy groups -OCH3 is 1. The van der Waals surface area contributed by atoms with Gasteiger partial charge in [0, 0.05) is 11.3 Å². The second kappa shape index (κ2) is 5.88. The van der Waals surface area contributed by atoms with Crippen molar-refractivity contribution in [1.29, 1.82) is 5.41 Å². The summed E-state index contributed by atoms with van der Waals surface area (Å²) in [5.74, 6) is -0.147. The van der Waals surface area contributed by atoms with Crippen molar-refractivity contribution in [3.05, 3.63) is 65.5 Å². The van der Waals surface area contributed by atoms with Crippen molar-refractivity contribution in [2.75, 3.05) is 12.4 Å². The number of nitrogens with two attached hydrogens (primary N) is 1. The van der Waals surface area contributed by atoms with Gasteiger partial charge in [0.1, 0.15) is 5.82 Å². The van der Waals surface area contributed by atoms with Gasteiger partial charge in [-0.15, -0.1) is 0 Å². The number of hydrogen-bond donors (Lipinski definition) is 3. The van der Waals surface area contributed by atoms with E-state index in [2.05, 4.69) is 10.1 Å². The molecule has 1 aliphatic carbocycles. The molecule has 0 atom stereocenters. The van der Waals surface area contributed by atoms with Crippen LogP contribution in [0.1, 0.15) is 0 Å². The predicted molar refractivity (Wildman–Crippen MR) is 78.2 cm³/mol. The zero-order chi connectivity index (χ0) is 14.5. The van der Waals surface area contributed by atoms with E-state index >= 15 is 0 Å². The monoisotopic (exact) mass is 269 g/mol. The van der Waals surface area contributed by atoms with Crippen molar-refractivity contribution < 1.29 is 9.53 Å². The Morgan fingerprint density at radius 2 is 1.95 bits per heavy atom. The summed E-state index contributed by atoms with van der Waals surface area (Å²) in [5.41, 5.74) is 7.83. The van der Waals surface area contributed by atoms with E-state index in [9.17, 15) is 4.79 Å². The third-order valence-corrected chi connectivity index (χ3v) is 2.78. The summed E-state index contributed by atoms with van der Waals surface area (Å²) in [6.07, 6.45) is 4.59. The Morgan fingerprint density at radius 3 is 2.60 bits per heavy atom. The minimum absolute atomic E-state index is 0.235. The third kappa shape index (κ3) is 2.95. The first-order chi connectivity index (χ1) is 9.61. The van der Waals surface area contributed by atoms with E-state index in [-0.39, 0.29) is 5.71 Å². The predicted octanol–water partition coefficient (Wildman–Crippen LogP) is 1.96. The molecular weight excluding hydrogens is 254 g/mol. The highest BCUT2D eigenvalue weighted by atomic mass is 16.5. The average Bonchev–Trinajstić information content (AvgIpc) is 2.48. The zero-order valence-corrected chi connectivity index (χ0v) is 11.0. The maximum atomic E-state index is 11.5. The fourth-order valence-corrected chi connectivity index (χ4v) is 1.76. The van der Waals surface area contributed by atoms with E-state index in [1.807, 2.05) is 30.3 Å². The number of para-hydroxylation sites is 1. The van der Waals surface area contributed by atoms with Crippen molar-refractivity contribution in [3.8, 4) is 0 Å². The Hall–Kier alpha value is -2.82. The SMILES string of the molecule is COC(=O)C1=C/C(=C(\N)Nc2ccccc2)C(=N)C=C1. The maximum absolute atomic E-state index is 11.5. The Morgan fingerprint density at radius 1 is 1.25 bits per heavy atom. The van der Waals surface area contributed by atoms with Crippen molar-refractivity contribution in [1.82, 2.24) is 0 Å². The maximum Gasteiger partial charge on any atom is 0.337 e. The highest BCUT2D eigenvalue weighted by Crippen LogP contribution is 2.17. The molecule has 0 amide bonds. The van der Waals surface area contributed by atoms with E-state index in [0.717, 1.165) is 5.69 Å². The number of carbonyl (C=O) groups excluding carboxylic acids is 1. The van der Waals surface area contributed by atoms with Crippen molar-refractivity contribution >= 4 is 17.4 Å². The topological polar surface area (TPSA) is 88.2 Å². The number of carbonyl (C=O) groups is 1. The standard InChI is InChI=1S/C15H15N3O2/c1-20-15(19)10-7-8-13(16)12(9-10)14(17)18-11-5-3-2-4-6-11/h2-9,16,18H,17H2,1H3/b14-12-,16-13?. The molecule has 0 aliphatic heterocycles. The minimum atomic E-state index is -0.459. The summed E-state index contributed by atoms with van der Waals surface area (Å²) in [7, 11) is 1.31. The van der Waals surface area contributed by atoms with Gasteiger partial charge in [-0.3, -0.25) is 0 Å². The highest BCUT2D eigenvalue weighted by molar-refractivity contribution is 6.13. The molecule has 0 aromatic heterocycles. The number of allylic oxidation sites excluding steroid dienone is 3. The van der Waals surface area contributed by atoms with Crippen molar-refractivity contribution in [2.45, 2.75) is 0 Å². The summed E-state index contributed by atoms with van der Waals surface area (Å²) in [5, 5.41) is 10.9. The van der Waals surface area contributed by atoms with Crippen LogP contribution in [0, 0.1) is 5.41 Å². The number of rotatable bonds is 3. The Kier molecular flexibility index (Phi) is 4.00. The molecule has 4 N–H and O–H groups in total. The van der Waals surface area contributed by atoms with Crippen LogP contribution < -0.4 is 11.1 Å². The first-order valence-electron chi connectivity index (χ1n) is 6.00. The molecule has 0 unspecified atom stereocenters. The largest absolute Gasteiger partial charge is 0.465 e. The lowest BCUT2D eigenvalue weighted by Gasteiger charge is -2.14. The van der Waals surface area contributed by atoms with Gasteiger partial charge in [-0.05, 0) is 30.4 Å². The molecule has 5 nitrogen and oxygen atoms in total. The molecule has 20 heavy (non-hydrogen) atoms. The van der Waals surface area contributed by atoms with Crippen LogP contribution in [-0.4, -0.2) is 18.8 Å². The van der Waals surface area contributed by atoms with Crippen LogP contribution in [0.2, 0.25) is 0 Å². The number of esters is 1. The fourth-order valence-electron chi connectivity index (χ4n) is 1.76. The lowest BCUT2D eigenvalue weighted by molar-refractivity contribution is -0.135. The van der Waals surface area contributed by atoms with Gasteiger partial charge in [0.15, 0.2) is 0 Å². The Bertz CT molecular complexity index is 628. The van der Waals surface area contributed by atoms with Crippen molar-refractivity contribution in [2.24, 2.45) is 5.73 Å². The van der Waals surface area contributed by atoms with E-state index in [0.29, 0.717) is 17.0 Å². The van der Waals surface area contributed by atoms with Gasteiger partial charge >= 0.3 is 5.97 Å². The van der Waals surface area contributed by atoms with Crippen LogP contribution in [0.25, 0.3) is 0 Å². The van der Waals surface area contributed by atoms with Crippen LogP contribution >= 0.6 is 0 Å². The fraction of sp³-hybridized carbons (Fsp3) is 0.0667.